The number of benzene rings is 1. The average Bonchev–Trinajstić information content (AvgIpc) is 2.52. The van der Waals surface area contributed by atoms with Gasteiger partial charge >= 0.3 is 6.03 Å². The van der Waals surface area contributed by atoms with Gasteiger partial charge in [-0.15, -0.1) is 0 Å². The highest BCUT2D eigenvalue weighted by atomic mass is 16.3. The molecule has 1 unspecified atom stereocenters. The second-order valence-corrected chi connectivity index (χ2v) is 4.37. The molecule has 17 heavy (non-hydrogen) atoms. The molecule has 0 saturated carbocycles. The van der Waals surface area contributed by atoms with Crippen LogP contribution in [0.3, 0.4) is 0 Å². The Morgan fingerprint density at radius 1 is 1.29 bits per heavy atom. The molecule has 5 heteroatoms. The number of rotatable bonds is 3. The van der Waals surface area contributed by atoms with Gasteiger partial charge in [0.15, 0.2) is 0 Å². The van der Waals surface area contributed by atoms with Gasteiger partial charge in [0.25, 0.3) is 5.91 Å². The summed E-state index contributed by atoms with van der Waals surface area (Å²) in [5, 5.41) is 14.4. The quantitative estimate of drug-likeness (QED) is 0.680. The van der Waals surface area contributed by atoms with E-state index < -0.39 is 11.6 Å². The molecule has 0 spiro atoms. The SMILES string of the molecule is CC1(CCc2ccccc2O)NC(=O)NC1=O. The Labute approximate surface area is 98.8 Å². The summed E-state index contributed by atoms with van der Waals surface area (Å²) in [4.78, 5) is 22.6. The van der Waals surface area contributed by atoms with E-state index in [9.17, 15) is 14.7 Å². The fraction of sp³-hybridized carbons (Fsp3) is 0.333. The number of imide groups is 1. The van der Waals surface area contributed by atoms with E-state index in [0.717, 1.165) is 5.56 Å². The minimum absolute atomic E-state index is 0.209. The van der Waals surface area contributed by atoms with Crippen LogP contribution in [0.5, 0.6) is 5.75 Å². The van der Waals surface area contributed by atoms with Crippen LogP contribution in [0.2, 0.25) is 0 Å². The van der Waals surface area contributed by atoms with Crippen LogP contribution in [-0.4, -0.2) is 22.6 Å². The predicted molar refractivity (Wildman–Crippen MR) is 61.5 cm³/mol. The third kappa shape index (κ3) is 2.22. The van der Waals surface area contributed by atoms with Gasteiger partial charge in [-0.25, -0.2) is 4.79 Å². The Morgan fingerprint density at radius 3 is 2.59 bits per heavy atom. The maximum atomic E-state index is 11.6. The van der Waals surface area contributed by atoms with Crippen LogP contribution in [0.15, 0.2) is 24.3 Å². The van der Waals surface area contributed by atoms with Crippen molar-refractivity contribution >= 4 is 11.9 Å². The number of urea groups is 1. The molecule has 0 bridgehead atoms. The zero-order valence-electron chi connectivity index (χ0n) is 9.49. The monoisotopic (exact) mass is 234 g/mol. The van der Waals surface area contributed by atoms with E-state index in [1.54, 1.807) is 25.1 Å². The molecule has 0 radical (unpaired) electrons. The highest BCUT2D eigenvalue weighted by Crippen LogP contribution is 2.22. The van der Waals surface area contributed by atoms with E-state index in [1.807, 2.05) is 6.07 Å². The summed E-state index contributed by atoms with van der Waals surface area (Å²) in [6.45, 7) is 1.67. The average molecular weight is 234 g/mol. The molecule has 1 saturated heterocycles. The lowest BCUT2D eigenvalue weighted by Gasteiger charge is -2.20. The lowest BCUT2D eigenvalue weighted by molar-refractivity contribution is -0.123. The minimum Gasteiger partial charge on any atom is -0.508 e. The number of aryl methyl sites for hydroxylation is 1. The largest absolute Gasteiger partial charge is 0.508 e. The molecule has 1 atom stereocenters. The number of amides is 3. The number of carbonyl (C=O) groups is 2. The lowest BCUT2D eigenvalue weighted by atomic mass is 9.93. The number of phenols is 1. The Hall–Kier alpha value is -2.04. The number of carbonyl (C=O) groups excluding carboxylic acids is 2. The molecule has 0 aromatic heterocycles. The predicted octanol–water partition coefficient (Wildman–Crippen LogP) is 0.923. The van der Waals surface area contributed by atoms with E-state index in [4.69, 9.17) is 0 Å². The number of phenolic OH excluding ortho intramolecular Hbond substituents is 1. The molecule has 1 aliphatic rings. The molecule has 3 amide bonds. The molecule has 2 rings (SSSR count). The summed E-state index contributed by atoms with van der Waals surface area (Å²) in [6.07, 6.45) is 0.971. The van der Waals surface area contributed by atoms with E-state index >= 15 is 0 Å². The molecule has 90 valence electrons. The van der Waals surface area contributed by atoms with Crippen molar-refractivity contribution in [2.75, 3.05) is 0 Å². The van der Waals surface area contributed by atoms with E-state index in [-0.39, 0.29) is 11.7 Å². The van der Waals surface area contributed by atoms with E-state index in [2.05, 4.69) is 10.6 Å². The third-order valence-corrected chi connectivity index (χ3v) is 3.00. The zero-order chi connectivity index (χ0) is 12.5. The van der Waals surface area contributed by atoms with Crippen LogP contribution in [0, 0.1) is 0 Å². The van der Waals surface area contributed by atoms with Crippen LogP contribution >= 0.6 is 0 Å². The maximum absolute atomic E-state index is 11.6. The Kier molecular flexibility index (Phi) is 2.75. The second kappa shape index (κ2) is 4.08. The van der Waals surface area contributed by atoms with Gasteiger partial charge < -0.3 is 10.4 Å². The lowest BCUT2D eigenvalue weighted by Crippen LogP contribution is -2.43. The fourth-order valence-corrected chi connectivity index (χ4v) is 1.86. The number of hydrogen-bond donors (Lipinski definition) is 3. The minimum atomic E-state index is -0.890. The Bertz CT molecular complexity index is 473. The molecule has 1 aromatic rings. The molecular weight excluding hydrogens is 220 g/mol. The van der Waals surface area contributed by atoms with Crippen molar-refractivity contribution in [2.45, 2.75) is 25.3 Å². The number of para-hydroxylation sites is 1. The van der Waals surface area contributed by atoms with Crippen LogP contribution in [0.1, 0.15) is 18.9 Å². The van der Waals surface area contributed by atoms with Crippen molar-refractivity contribution in [3.63, 3.8) is 0 Å². The first-order valence-corrected chi connectivity index (χ1v) is 5.42. The molecular formula is C12H14N2O3. The van der Waals surface area contributed by atoms with E-state index in [1.165, 1.54) is 0 Å². The standard InChI is InChI=1S/C12H14N2O3/c1-12(10(16)13-11(17)14-12)7-6-8-4-2-3-5-9(8)15/h2-5,15H,6-7H2,1H3,(H2,13,14,16,17). The summed E-state index contributed by atoms with van der Waals surface area (Å²) < 4.78 is 0. The van der Waals surface area contributed by atoms with Gasteiger partial charge in [0.1, 0.15) is 11.3 Å². The van der Waals surface area contributed by atoms with Crippen molar-refractivity contribution in [3.05, 3.63) is 29.8 Å². The van der Waals surface area contributed by atoms with Crippen LogP contribution in [0.4, 0.5) is 4.79 Å². The van der Waals surface area contributed by atoms with Gasteiger partial charge in [0.2, 0.25) is 0 Å². The second-order valence-electron chi connectivity index (χ2n) is 4.37. The van der Waals surface area contributed by atoms with Crippen molar-refractivity contribution in [1.82, 2.24) is 10.6 Å². The number of nitrogens with one attached hydrogen (secondary N) is 2. The third-order valence-electron chi connectivity index (χ3n) is 3.00. The smallest absolute Gasteiger partial charge is 0.322 e. The normalized spacial score (nSPS) is 23.4. The van der Waals surface area contributed by atoms with Gasteiger partial charge in [0.05, 0.1) is 0 Å². The molecule has 1 fully saturated rings. The Morgan fingerprint density at radius 2 is 2.00 bits per heavy atom. The topological polar surface area (TPSA) is 78.4 Å². The van der Waals surface area contributed by atoms with Crippen LogP contribution in [-0.2, 0) is 11.2 Å². The van der Waals surface area contributed by atoms with Crippen molar-refractivity contribution in [2.24, 2.45) is 0 Å². The summed E-state index contributed by atoms with van der Waals surface area (Å²) in [5.41, 5.74) is -0.123. The fourth-order valence-electron chi connectivity index (χ4n) is 1.86. The van der Waals surface area contributed by atoms with Gasteiger partial charge in [-0.2, -0.15) is 0 Å². The van der Waals surface area contributed by atoms with Crippen molar-refractivity contribution in [1.29, 1.82) is 0 Å². The van der Waals surface area contributed by atoms with Gasteiger partial charge in [-0.3, -0.25) is 10.1 Å². The summed E-state index contributed by atoms with van der Waals surface area (Å²) >= 11 is 0. The number of aromatic hydroxyl groups is 1. The highest BCUT2D eigenvalue weighted by molar-refractivity contribution is 6.06. The first-order valence-electron chi connectivity index (χ1n) is 5.42. The Balaban J connectivity index is 2.06. The molecule has 1 aromatic carbocycles. The molecule has 5 nitrogen and oxygen atoms in total. The first kappa shape index (κ1) is 11.4. The zero-order valence-corrected chi connectivity index (χ0v) is 9.49. The van der Waals surface area contributed by atoms with Gasteiger partial charge in [-0.1, -0.05) is 18.2 Å². The summed E-state index contributed by atoms with van der Waals surface area (Å²) in [6, 6.07) is 6.50. The van der Waals surface area contributed by atoms with Gasteiger partial charge in [-0.05, 0) is 31.4 Å². The number of hydrogen-bond acceptors (Lipinski definition) is 3. The summed E-state index contributed by atoms with van der Waals surface area (Å²) in [7, 11) is 0. The van der Waals surface area contributed by atoms with Crippen molar-refractivity contribution in [3.8, 4) is 5.75 Å². The van der Waals surface area contributed by atoms with Gasteiger partial charge in [0, 0.05) is 0 Å². The first-order chi connectivity index (χ1) is 8.01. The highest BCUT2D eigenvalue weighted by Gasteiger charge is 2.41. The molecule has 1 aliphatic heterocycles. The van der Waals surface area contributed by atoms with Crippen molar-refractivity contribution < 1.29 is 14.7 Å². The van der Waals surface area contributed by atoms with E-state index in [0.29, 0.717) is 12.8 Å². The van der Waals surface area contributed by atoms with Crippen LogP contribution in [0.25, 0.3) is 0 Å². The molecule has 0 aliphatic carbocycles. The maximum Gasteiger partial charge on any atom is 0.322 e. The summed E-state index contributed by atoms with van der Waals surface area (Å²) in [5.74, 6) is -0.112. The molecule has 3 N–H and O–H groups in total. The molecule has 1 heterocycles. The van der Waals surface area contributed by atoms with Crippen LogP contribution < -0.4 is 10.6 Å².